The lowest BCUT2D eigenvalue weighted by atomic mass is 10.1. The zero-order valence-electron chi connectivity index (χ0n) is 16.4. The fraction of sp³-hybridized carbons (Fsp3) is 0.350. The monoisotopic (exact) mass is 389 g/mol. The fourth-order valence-electron chi connectivity index (χ4n) is 2.51. The first kappa shape index (κ1) is 21.1. The van der Waals surface area contributed by atoms with Gasteiger partial charge in [-0.05, 0) is 44.7 Å². The summed E-state index contributed by atoms with van der Waals surface area (Å²) < 4.78 is 25.6. The quantitative estimate of drug-likeness (QED) is 0.790. The first-order chi connectivity index (χ1) is 12.6. The van der Waals surface area contributed by atoms with Crippen LogP contribution in [0.3, 0.4) is 0 Å². The van der Waals surface area contributed by atoms with Gasteiger partial charge in [0.05, 0.1) is 10.9 Å². The van der Waals surface area contributed by atoms with Crippen LogP contribution in [0.15, 0.2) is 53.4 Å². The van der Waals surface area contributed by atoms with Crippen molar-refractivity contribution in [2.75, 3.05) is 26.5 Å². The molecule has 6 nitrogen and oxygen atoms in total. The minimum absolute atomic E-state index is 0.144. The molecule has 2 rings (SSSR count). The Balaban J connectivity index is 2.06. The Morgan fingerprint density at radius 2 is 1.70 bits per heavy atom. The Labute approximate surface area is 161 Å². The third kappa shape index (κ3) is 5.38. The summed E-state index contributed by atoms with van der Waals surface area (Å²) in [6, 6.07) is 14.1. The lowest BCUT2D eigenvalue weighted by Crippen LogP contribution is -2.39. The van der Waals surface area contributed by atoms with E-state index < -0.39 is 10.0 Å². The van der Waals surface area contributed by atoms with Crippen molar-refractivity contribution in [3.05, 3.63) is 59.7 Å². The number of likely N-dealkylation sites (N-methyl/N-ethyl adjacent to an activating group) is 1. The van der Waals surface area contributed by atoms with Gasteiger partial charge >= 0.3 is 0 Å². The summed E-state index contributed by atoms with van der Waals surface area (Å²) in [5, 5.41) is 2.81. The van der Waals surface area contributed by atoms with Gasteiger partial charge in [0.25, 0.3) is 0 Å². The average Bonchev–Trinajstić information content (AvgIpc) is 2.63. The third-order valence-electron chi connectivity index (χ3n) is 4.47. The molecule has 0 spiro atoms. The molecule has 0 fully saturated rings. The normalized spacial score (nSPS) is 13.0. The van der Waals surface area contributed by atoms with E-state index in [1.165, 1.54) is 31.8 Å². The molecular formula is C20H27N3O3S. The van der Waals surface area contributed by atoms with Gasteiger partial charge in [-0.2, -0.15) is 0 Å². The smallest absolute Gasteiger partial charge is 0.242 e. The van der Waals surface area contributed by atoms with E-state index in [-0.39, 0.29) is 16.8 Å². The van der Waals surface area contributed by atoms with Crippen LogP contribution in [0.25, 0.3) is 0 Å². The van der Waals surface area contributed by atoms with Crippen LogP contribution < -0.4 is 5.32 Å². The van der Waals surface area contributed by atoms with Gasteiger partial charge in [-0.25, -0.2) is 12.7 Å². The van der Waals surface area contributed by atoms with Gasteiger partial charge in [-0.1, -0.05) is 35.9 Å². The van der Waals surface area contributed by atoms with Crippen LogP contribution in [-0.4, -0.2) is 50.7 Å². The second kappa shape index (κ2) is 8.65. The standard InChI is InChI=1S/C20H27N3O3S/c1-15-9-11-17(12-10-15)14-23(5)16(2)20(24)21-18-7-6-8-19(13-18)27(25,26)22(3)4/h6-13,16H,14H2,1-5H3,(H,21,24)/t16-/m1/s1. The molecule has 0 bridgehead atoms. The fourth-order valence-corrected chi connectivity index (χ4v) is 3.46. The number of amides is 1. The van der Waals surface area contributed by atoms with E-state index in [1.54, 1.807) is 12.1 Å². The highest BCUT2D eigenvalue weighted by Crippen LogP contribution is 2.18. The van der Waals surface area contributed by atoms with Crippen molar-refractivity contribution in [1.29, 1.82) is 0 Å². The molecule has 7 heteroatoms. The number of aryl methyl sites for hydroxylation is 1. The molecule has 0 radical (unpaired) electrons. The summed E-state index contributed by atoms with van der Waals surface area (Å²) in [6.07, 6.45) is 0. The Morgan fingerprint density at radius 1 is 1.07 bits per heavy atom. The molecule has 0 saturated heterocycles. The average molecular weight is 390 g/mol. The predicted molar refractivity (Wildman–Crippen MR) is 108 cm³/mol. The van der Waals surface area contributed by atoms with Crippen LogP contribution >= 0.6 is 0 Å². The first-order valence-electron chi connectivity index (χ1n) is 8.70. The first-order valence-corrected chi connectivity index (χ1v) is 10.1. The van der Waals surface area contributed by atoms with E-state index in [1.807, 2.05) is 50.1 Å². The number of hydrogen-bond donors (Lipinski definition) is 1. The molecule has 2 aromatic carbocycles. The van der Waals surface area contributed by atoms with Gasteiger partial charge in [0, 0.05) is 26.3 Å². The van der Waals surface area contributed by atoms with E-state index in [2.05, 4.69) is 5.32 Å². The Kier molecular flexibility index (Phi) is 6.75. The molecule has 1 atom stereocenters. The van der Waals surface area contributed by atoms with Crippen molar-refractivity contribution in [2.45, 2.75) is 31.3 Å². The summed E-state index contributed by atoms with van der Waals surface area (Å²) in [6.45, 7) is 4.50. The molecule has 0 unspecified atom stereocenters. The summed E-state index contributed by atoms with van der Waals surface area (Å²) >= 11 is 0. The zero-order valence-corrected chi connectivity index (χ0v) is 17.2. The van der Waals surface area contributed by atoms with Crippen LogP contribution in [0.2, 0.25) is 0 Å². The second-order valence-electron chi connectivity index (χ2n) is 6.88. The van der Waals surface area contributed by atoms with E-state index in [0.717, 1.165) is 9.87 Å². The van der Waals surface area contributed by atoms with Crippen molar-refractivity contribution in [2.24, 2.45) is 0 Å². The van der Waals surface area contributed by atoms with Gasteiger partial charge in [0.2, 0.25) is 15.9 Å². The molecule has 0 aliphatic carbocycles. The molecule has 1 N–H and O–H groups in total. The van der Waals surface area contributed by atoms with Crippen LogP contribution in [0.5, 0.6) is 0 Å². The Morgan fingerprint density at radius 3 is 2.30 bits per heavy atom. The van der Waals surface area contributed by atoms with Crippen molar-refractivity contribution in [3.63, 3.8) is 0 Å². The van der Waals surface area contributed by atoms with Crippen molar-refractivity contribution in [1.82, 2.24) is 9.21 Å². The highest BCUT2D eigenvalue weighted by atomic mass is 32.2. The van der Waals surface area contributed by atoms with Gasteiger partial charge in [0.1, 0.15) is 0 Å². The van der Waals surface area contributed by atoms with Crippen molar-refractivity contribution in [3.8, 4) is 0 Å². The maximum Gasteiger partial charge on any atom is 0.242 e. The summed E-state index contributed by atoms with van der Waals surface area (Å²) in [5.74, 6) is -0.191. The molecule has 27 heavy (non-hydrogen) atoms. The number of benzene rings is 2. The zero-order chi connectivity index (χ0) is 20.2. The van der Waals surface area contributed by atoms with E-state index in [4.69, 9.17) is 0 Å². The van der Waals surface area contributed by atoms with Crippen LogP contribution in [0, 0.1) is 6.92 Å². The maximum absolute atomic E-state index is 12.6. The number of hydrogen-bond acceptors (Lipinski definition) is 4. The van der Waals surface area contributed by atoms with E-state index in [0.29, 0.717) is 12.2 Å². The topological polar surface area (TPSA) is 69.7 Å². The van der Waals surface area contributed by atoms with Gasteiger partial charge < -0.3 is 5.32 Å². The van der Waals surface area contributed by atoms with Gasteiger partial charge in [-0.3, -0.25) is 9.69 Å². The molecule has 146 valence electrons. The Bertz CT molecular complexity index is 893. The maximum atomic E-state index is 12.6. The lowest BCUT2D eigenvalue weighted by molar-refractivity contribution is -0.120. The number of carbonyl (C=O) groups is 1. The minimum Gasteiger partial charge on any atom is -0.325 e. The number of rotatable bonds is 7. The lowest BCUT2D eigenvalue weighted by Gasteiger charge is -2.24. The van der Waals surface area contributed by atoms with Crippen LogP contribution in [0.1, 0.15) is 18.1 Å². The molecule has 0 heterocycles. The molecule has 1 amide bonds. The largest absolute Gasteiger partial charge is 0.325 e. The molecule has 0 aliphatic heterocycles. The van der Waals surface area contributed by atoms with Crippen LogP contribution in [-0.2, 0) is 21.4 Å². The van der Waals surface area contributed by atoms with E-state index in [9.17, 15) is 13.2 Å². The predicted octanol–water partition coefficient (Wildman–Crippen LogP) is 2.70. The summed E-state index contributed by atoms with van der Waals surface area (Å²) in [5.41, 5.74) is 2.78. The SMILES string of the molecule is Cc1ccc(CN(C)[C@H](C)C(=O)Nc2cccc(S(=O)(=O)N(C)C)c2)cc1. The molecule has 0 aromatic heterocycles. The highest BCUT2D eigenvalue weighted by molar-refractivity contribution is 7.89. The summed E-state index contributed by atoms with van der Waals surface area (Å²) in [7, 11) is 1.29. The number of carbonyl (C=O) groups excluding carboxylic acids is 1. The second-order valence-corrected chi connectivity index (χ2v) is 9.03. The van der Waals surface area contributed by atoms with Crippen molar-refractivity contribution < 1.29 is 13.2 Å². The summed E-state index contributed by atoms with van der Waals surface area (Å²) in [4.78, 5) is 14.7. The number of nitrogens with one attached hydrogen (secondary N) is 1. The minimum atomic E-state index is -3.54. The number of sulfonamides is 1. The Hall–Kier alpha value is -2.22. The number of anilines is 1. The number of nitrogens with zero attached hydrogens (tertiary/aromatic N) is 2. The molecule has 2 aromatic rings. The molecule has 0 aliphatic rings. The highest BCUT2D eigenvalue weighted by Gasteiger charge is 2.20. The van der Waals surface area contributed by atoms with Crippen LogP contribution in [0.4, 0.5) is 5.69 Å². The third-order valence-corrected chi connectivity index (χ3v) is 6.28. The molecular weight excluding hydrogens is 362 g/mol. The molecule has 0 saturated carbocycles. The van der Waals surface area contributed by atoms with E-state index >= 15 is 0 Å². The van der Waals surface area contributed by atoms with Gasteiger partial charge in [0.15, 0.2) is 0 Å². The van der Waals surface area contributed by atoms with Gasteiger partial charge in [-0.15, -0.1) is 0 Å². The van der Waals surface area contributed by atoms with Crippen molar-refractivity contribution >= 4 is 21.6 Å².